The summed E-state index contributed by atoms with van der Waals surface area (Å²) in [5, 5.41) is 22.2. The number of hydrogen-bond acceptors (Lipinski definition) is 7. The van der Waals surface area contributed by atoms with Crippen molar-refractivity contribution in [2.45, 2.75) is 44.1 Å². The molecule has 0 spiro atoms. The molecule has 0 saturated heterocycles. The van der Waals surface area contributed by atoms with Gasteiger partial charge in [-0.15, -0.1) is 0 Å². The summed E-state index contributed by atoms with van der Waals surface area (Å²) in [5.41, 5.74) is 4.89. The molecule has 0 aliphatic heterocycles. The molecule has 1 heterocycles. The Kier molecular flexibility index (Phi) is 9.60. The second kappa shape index (κ2) is 13.3. The van der Waals surface area contributed by atoms with E-state index in [2.05, 4.69) is 22.3 Å². The Morgan fingerprint density at radius 1 is 1.13 bits per heavy atom. The number of fused-ring (bicyclic) bond motifs is 1. The third-order valence-corrected chi connectivity index (χ3v) is 7.59. The smallest absolute Gasteiger partial charge is 0.258 e. The van der Waals surface area contributed by atoms with Crippen LogP contribution in [0.2, 0.25) is 0 Å². The first-order chi connectivity index (χ1) is 18.9. The maximum Gasteiger partial charge on any atom is 0.258 e. The molecule has 1 aliphatic carbocycles. The number of nitriles is 1. The van der Waals surface area contributed by atoms with Gasteiger partial charge in [0.05, 0.1) is 23.2 Å². The van der Waals surface area contributed by atoms with Crippen LogP contribution in [0, 0.1) is 11.3 Å². The molecule has 0 bridgehead atoms. The molecule has 0 fully saturated rings. The summed E-state index contributed by atoms with van der Waals surface area (Å²) in [6.07, 6.45) is 3.33. The van der Waals surface area contributed by atoms with E-state index in [0.717, 1.165) is 23.3 Å². The van der Waals surface area contributed by atoms with Gasteiger partial charge in [-0.2, -0.15) is 10.2 Å². The standard InChI is InChI=1S/C21H19N3O2.C9H13NO2S/c1-13(2)25-19-10-9-15(11-16(19)12-22)21-23-20(24-26-21)18-8-4-6-14-5-3-7-17(14)18;1-10(7-8-11)13(12)9-5-3-2-4-6-9/h4,6,8-11,13H,3,5,7H2,1-2H3;2-6,11H,7-8H2,1H3. The molecule has 1 atom stereocenters. The van der Waals surface area contributed by atoms with Gasteiger partial charge in [0.15, 0.2) is 0 Å². The molecule has 8 nitrogen and oxygen atoms in total. The van der Waals surface area contributed by atoms with Crippen LogP contribution in [0.1, 0.15) is 37.0 Å². The summed E-state index contributed by atoms with van der Waals surface area (Å²) in [6.45, 7) is 4.30. The van der Waals surface area contributed by atoms with E-state index < -0.39 is 11.0 Å². The van der Waals surface area contributed by atoms with Gasteiger partial charge in [0.1, 0.15) is 22.8 Å². The van der Waals surface area contributed by atoms with Crippen LogP contribution >= 0.6 is 0 Å². The minimum absolute atomic E-state index is 0.00290. The van der Waals surface area contributed by atoms with E-state index in [1.54, 1.807) is 23.5 Å². The number of aliphatic hydroxyl groups excluding tert-OH is 1. The van der Waals surface area contributed by atoms with Gasteiger partial charge in [-0.3, -0.25) is 0 Å². The van der Waals surface area contributed by atoms with Gasteiger partial charge in [-0.25, -0.2) is 8.51 Å². The highest BCUT2D eigenvalue weighted by Gasteiger charge is 2.20. The molecule has 1 N–H and O–H groups in total. The molecule has 202 valence electrons. The van der Waals surface area contributed by atoms with Crippen molar-refractivity contribution in [1.82, 2.24) is 14.4 Å². The summed E-state index contributed by atoms with van der Waals surface area (Å²) in [6, 6.07) is 23.0. The SMILES string of the molecule is CC(C)Oc1ccc(-c2nc(-c3cccc4c3CCC4)no2)cc1C#N.CN(CCO)S(=O)c1ccccc1. The van der Waals surface area contributed by atoms with Crippen LogP contribution in [0.4, 0.5) is 0 Å². The molecule has 1 aromatic heterocycles. The Morgan fingerprint density at radius 3 is 2.64 bits per heavy atom. The summed E-state index contributed by atoms with van der Waals surface area (Å²) >= 11 is 0. The number of rotatable bonds is 8. The van der Waals surface area contributed by atoms with Gasteiger partial charge < -0.3 is 14.4 Å². The Labute approximate surface area is 231 Å². The van der Waals surface area contributed by atoms with Crippen molar-refractivity contribution < 1.29 is 18.6 Å². The molecule has 0 radical (unpaired) electrons. The number of aryl methyl sites for hydroxylation is 1. The molecule has 4 aromatic rings. The Hall–Kier alpha value is -3.84. The van der Waals surface area contributed by atoms with Crippen LogP contribution < -0.4 is 4.74 Å². The zero-order valence-electron chi connectivity index (χ0n) is 22.3. The van der Waals surface area contributed by atoms with Crippen LogP contribution in [0.5, 0.6) is 5.75 Å². The van der Waals surface area contributed by atoms with Gasteiger partial charge in [0.25, 0.3) is 5.89 Å². The van der Waals surface area contributed by atoms with Crippen LogP contribution in [-0.2, 0) is 23.8 Å². The molecule has 1 aliphatic rings. The summed E-state index contributed by atoms with van der Waals surface area (Å²) in [5.74, 6) is 1.56. The largest absolute Gasteiger partial charge is 0.490 e. The molecule has 39 heavy (non-hydrogen) atoms. The maximum absolute atomic E-state index is 11.7. The Balaban J connectivity index is 0.000000229. The number of ether oxygens (including phenoxy) is 1. The first-order valence-electron chi connectivity index (χ1n) is 12.9. The van der Waals surface area contributed by atoms with E-state index in [1.807, 2.05) is 62.4 Å². The number of hydrogen-bond donors (Lipinski definition) is 1. The van der Waals surface area contributed by atoms with E-state index in [0.29, 0.717) is 35.1 Å². The van der Waals surface area contributed by atoms with Gasteiger partial charge in [-0.05, 0) is 74.6 Å². The van der Waals surface area contributed by atoms with Gasteiger partial charge in [0.2, 0.25) is 5.82 Å². The quantitative estimate of drug-likeness (QED) is 0.325. The van der Waals surface area contributed by atoms with Crippen molar-refractivity contribution in [2.24, 2.45) is 0 Å². The zero-order chi connectivity index (χ0) is 27.8. The molecule has 9 heteroatoms. The van der Waals surface area contributed by atoms with E-state index in [4.69, 9.17) is 14.4 Å². The van der Waals surface area contributed by atoms with Crippen molar-refractivity contribution in [3.63, 3.8) is 0 Å². The Morgan fingerprint density at radius 2 is 1.92 bits per heavy atom. The number of aliphatic hydroxyl groups is 1. The number of nitrogens with zero attached hydrogens (tertiary/aromatic N) is 4. The van der Waals surface area contributed by atoms with Gasteiger partial charge in [-0.1, -0.05) is 41.6 Å². The fourth-order valence-corrected chi connectivity index (χ4v) is 5.32. The first kappa shape index (κ1) is 28.2. The summed E-state index contributed by atoms with van der Waals surface area (Å²) in [7, 11) is 0.567. The topological polar surface area (TPSA) is 112 Å². The summed E-state index contributed by atoms with van der Waals surface area (Å²) < 4.78 is 24.4. The van der Waals surface area contributed by atoms with Crippen molar-refractivity contribution in [3.05, 3.63) is 83.4 Å². The number of likely N-dealkylation sites (N-methyl/N-ethyl adjacent to an activating group) is 1. The summed E-state index contributed by atoms with van der Waals surface area (Å²) in [4.78, 5) is 5.33. The Bertz CT molecular complexity index is 1460. The molecule has 1 unspecified atom stereocenters. The highest BCUT2D eigenvalue weighted by molar-refractivity contribution is 7.82. The minimum atomic E-state index is -1.15. The number of benzene rings is 3. The van der Waals surface area contributed by atoms with Crippen molar-refractivity contribution >= 4 is 11.0 Å². The monoisotopic (exact) mass is 544 g/mol. The normalized spacial score (nSPS) is 12.9. The van der Waals surface area contributed by atoms with Crippen LogP contribution in [0.25, 0.3) is 22.8 Å². The second-order valence-corrected chi connectivity index (χ2v) is 10.9. The van der Waals surface area contributed by atoms with Crippen LogP contribution in [-0.4, -0.2) is 50.1 Å². The second-order valence-electron chi connectivity index (χ2n) is 9.35. The van der Waals surface area contributed by atoms with Crippen molar-refractivity contribution in [3.8, 4) is 34.7 Å². The maximum atomic E-state index is 11.7. The predicted molar refractivity (Wildman–Crippen MR) is 150 cm³/mol. The van der Waals surface area contributed by atoms with Gasteiger partial charge in [0, 0.05) is 24.7 Å². The van der Waals surface area contributed by atoms with Crippen LogP contribution in [0.3, 0.4) is 0 Å². The number of aromatic nitrogens is 2. The molecule has 5 rings (SSSR count). The van der Waals surface area contributed by atoms with E-state index >= 15 is 0 Å². The van der Waals surface area contributed by atoms with Crippen molar-refractivity contribution in [1.29, 1.82) is 5.26 Å². The zero-order valence-corrected chi connectivity index (χ0v) is 23.1. The highest BCUT2D eigenvalue weighted by atomic mass is 32.2. The minimum Gasteiger partial charge on any atom is -0.490 e. The first-order valence-corrected chi connectivity index (χ1v) is 14.0. The third kappa shape index (κ3) is 6.98. The third-order valence-electron chi connectivity index (χ3n) is 6.17. The molecule has 0 saturated carbocycles. The lowest BCUT2D eigenvalue weighted by molar-refractivity contribution is 0.241. The fourth-order valence-electron chi connectivity index (χ4n) is 4.33. The van der Waals surface area contributed by atoms with Gasteiger partial charge >= 0.3 is 0 Å². The van der Waals surface area contributed by atoms with E-state index in [9.17, 15) is 9.47 Å². The molecule has 0 amide bonds. The predicted octanol–water partition coefficient (Wildman–Crippen LogP) is 5.18. The lowest BCUT2D eigenvalue weighted by atomic mass is 10.0. The van der Waals surface area contributed by atoms with Crippen LogP contribution in [0.15, 0.2) is 76.1 Å². The molecular formula is C30H32N4O4S. The fraction of sp³-hybridized carbons (Fsp3) is 0.300. The average Bonchev–Trinajstić information content (AvgIpc) is 3.64. The van der Waals surface area contributed by atoms with E-state index in [1.165, 1.54) is 17.5 Å². The lowest BCUT2D eigenvalue weighted by Crippen LogP contribution is -2.24. The van der Waals surface area contributed by atoms with Crippen molar-refractivity contribution in [2.75, 3.05) is 20.2 Å². The lowest BCUT2D eigenvalue weighted by Gasteiger charge is -2.13. The molecular weight excluding hydrogens is 512 g/mol. The van der Waals surface area contributed by atoms with E-state index in [-0.39, 0.29) is 12.7 Å². The average molecular weight is 545 g/mol. The highest BCUT2D eigenvalue weighted by Crippen LogP contribution is 2.33. The molecule has 3 aromatic carbocycles.